The van der Waals surface area contributed by atoms with Gasteiger partial charge < -0.3 is 20.3 Å². The molecule has 0 bridgehead atoms. The van der Waals surface area contributed by atoms with Crippen LogP contribution in [-0.4, -0.2) is 48.4 Å². The second kappa shape index (κ2) is 9.74. The van der Waals surface area contributed by atoms with Crippen molar-refractivity contribution in [1.29, 1.82) is 0 Å². The second-order valence-electron chi connectivity index (χ2n) is 8.49. The minimum absolute atomic E-state index is 0.130. The second-order valence-corrected chi connectivity index (χ2v) is 8.49. The number of benzene rings is 2. The van der Waals surface area contributed by atoms with Crippen LogP contribution >= 0.6 is 0 Å². The summed E-state index contributed by atoms with van der Waals surface area (Å²) < 4.78 is 41.9. The van der Waals surface area contributed by atoms with Crippen LogP contribution in [0.3, 0.4) is 0 Å². The van der Waals surface area contributed by atoms with Crippen molar-refractivity contribution in [3.63, 3.8) is 0 Å². The predicted molar refractivity (Wildman–Crippen MR) is 124 cm³/mol. The van der Waals surface area contributed by atoms with E-state index in [9.17, 15) is 18.0 Å². The van der Waals surface area contributed by atoms with Gasteiger partial charge in [-0.15, -0.1) is 13.2 Å². The molecule has 2 aromatic carbocycles. The summed E-state index contributed by atoms with van der Waals surface area (Å²) >= 11 is 0. The maximum absolute atomic E-state index is 12.6. The van der Waals surface area contributed by atoms with Crippen LogP contribution in [0, 0.1) is 0 Å². The molecular formula is C24H26F3N5O2. The third kappa shape index (κ3) is 5.67. The molecule has 2 N–H and O–H groups in total. The Morgan fingerprint density at radius 3 is 2.32 bits per heavy atom. The molecule has 0 atom stereocenters. The van der Waals surface area contributed by atoms with E-state index in [0.717, 1.165) is 35.6 Å². The summed E-state index contributed by atoms with van der Waals surface area (Å²) in [5.74, 6) is 0.291. The monoisotopic (exact) mass is 473 g/mol. The van der Waals surface area contributed by atoms with Gasteiger partial charge in [-0.1, -0.05) is 24.3 Å². The zero-order valence-corrected chi connectivity index (χ0v) is 18.9. The molecule has 4 rings (SSSR count). The smallest absolute Gasteiger partial charge is 0.405 e. The van der Waals surface area contributed by atoms with Gasteiger partial charge in [-0.3, -0.25) is 4.79 Å². The van der Waals surface area contributed by atoms with Crippen molar-refractivity contribution in [3.8, 4) is 5.75 Å². The van der Waals surface area contributed by atoms with E-state index in [1.165, 1.54) is 18.2 Å². The molecule has 7 nitrogen and oxygen atoms in total. The van der Waals surface area contributed by atoms with E-state index in [0.29, 0.717) is 18.8 Å². The molecule has 180 valence electrons. The maximum Gasteiger partial charge on any atom is 0.573 e. The summed E-state index contributed by atoms with van der Waals surface area (Å²) in [6.45, 7) is 0. The van der Waals surface area contributed by atoms with E-state index in [4.69, 9.17) is 0 Å². The zero-order valence-electron chi connectivity index (χ0n) is 18.9. The Balaban J connectivity index is 1.37. The van der Waals surface area contributed by atoms with E-state index in [1.807, 2.05) is 43.3 Å². The molecule has 10 heteroatoms. The third-order valence-electron chi connectivity index (χ3n) is 5.76. The molecule has 1 fully saturated rings. The first-order valence-corrected chi connectivity index (χ1v) is 11.1. The van der Waals surface area contributed by atoms with E-state index in [1.54, 1.807) is 0 Å². The molecule has 1 saturated carbocycles. The van der Waals surface area contributed by atoms with E-state index in [-0.39, 0.29) is 17.6 Å². The molecule has 0 aliphatic heterocycles. The highest BCUT2D eigenvalue weighted by Crippen LogP contribution is 2.28. The van der Waals surface area contributed by atoms with E-state index in [2.05, 4.69) is 25.3 Å². The van der Waals surface area contributed by atoms with E-state index < -0.39 is 18.0 Å². The summed E-state index contributed by atoms with van der Waals surface area (Å²) in [6.07, 6.45) is -1.98. The number of ether oxygens (including phenoxy) is 1. The lowest BCUT2D eigenvalue weighted by molar-refractivity contribution is -0.274. The Kier molecular flexibility index (Phi) is 6.76. The molecule has 0 radical (unpaired) electrons. The fourth-order valence-corrected chi connectivity index (χ4v) is 4.16. The van der Waals surface area contributed by atoms with Crippen molar-refractivity contribution in [1.82, 2.24) is 15.3 Å². The summed E-state index contributed by atoms with van der Waals surface area (Å²) in [7, 11) is 3.87. The van der Waals surface area contributed by atoms with Crippen LogP contribution in [0.2, 0.25) is 0 Å². The number of hydrogen-bond donors (Lipinski definition) is 2. The van der Waals surface area contributed by atoms with Crippen molar-refractivity contribution in [2.75, 3.05) is 24.3 Å². The number of nitrogens with one attached hydrogen (secondary N) is 2. The summed E-state index contributed by atoms with van der Waals surface area (Å²) in [5, 5.41) is 7.22. The van der Waals surface area contributed by atoms with Crippen LogP contribution < -0.4 is 20.3 Å². The van der Waals surface area contributed by atoms with Gasteiger partial charge in [0.2, 0.25) is 5.95 Å². The maximum atomic E-state index is 12.6. The number of amides is 1. The van der Waals surface area contributed by atoms with Crippen molar-refractivity contribution in [3.05, 3.63) is 54.1 Å². The van der Waals surface area contributed by atoms with Crippen molar-refractivity contribution < 1.29 is 22.7 Å². The lowest BCUT2D eigenvalue weighted by atomic mass is 9.91. The Hall–Kier alpha value is -3.56. The number of carbonyl (C=O) groups is 1. The normalized spacial score (nSPS) is 18.4. The number of aromatic nitrogens is 2. The van der Waals surface area contributed by atoms with Crippen LogP contribution in [0.1, 0.15) is 36.0 Å². The molecule has 1 heterocycles. The highest BCUT2D eigenvalue weighted by atomic mass is 19.4. The minimum Gasteiger partial charge on any atom is -0.405 e. The van der Waals surface area contributed by atoms with Gasteiger partial charge >= 0.3 is 6.36 Å². The molecule has 0 saturated heterocycles. The SMILES string of the molecule is CN(C)c1nc(N[C@H]2CC[C@@H](NC(=O)c3ccccc3OC(F)(F)F)CC2)nc2ccccc12. The first kappa shape index (κ1) is 23.6. The van der Waals surface area contributed by atoms with Gasteiger partial charge in [0.1, 0.15) is 11.6 Å². The van der Waals surface area contributed by atoms with Gasteiger partial charge in [0, 0.05) is 31.6 Å². The van der Waals surface area contributed by atoms with Crippen LogP contribution in [0.4, 0.5) is 24.9 Å². The van der Waals surface area contributed by atoms with Crippen molar-refractivity contribution in [2.24, 2.45) is 0 Å². The molecule has 1 amide bonds. The number of hydrogen-bond acceptors (Lipinski definition) is 6. The average molecular weight is 473 g/mol. The Bertz CT molecular complexity index is 1160. The Labute approximate surface area is 195 Å². The number of carbonyl (C=O) groups excluding carboxylic acids is 1. The lowest BCUT2D eigenvalue weighted by Gasteiger charge is -2.30. The molecule has 1 aliphatic rings. The highest BCUT2D eigenvalue weighted by molar-refractivity contribution is 5.97. The molecule has 0 unspecified atom stereocenters. The quantitative estimate of drug-likeness (QED) is 0.538. The van der Waals surface area contributed by atoms with Gasteiger partial charge in [-0.05, 0) is 49.9 Å². The number of rotatable bonds is 6. The van der Waals surface area contributed by atoms with Gasteiger partial charge in [0.25, 0.3) is 5.91 Å². The minimum atomic E-state index is -4.86. The molecule has 3 aromatic rings. The lowest BCUT2D eigenvalue weighted by Crippen LogP contribution is -2.40. The number of anilines is 2. The van der Waals surface area contributed by atoms with Crippen molar-refractivity contribution >= 4 is 28.6 Å². The van der Waals surface area contributed by atoms with Gasteiger partial charge in [-0.25, -0.2) is 4.98 Å². The highest BCUT2D eigenvalue weighted by Gasteiger charge is 2.33. The number of halogens is 3. The first-order valence-electron chi connectivity index (χ1n) is 11.1. The van der Waals surface area contributed by atoms with Crippen LogP contribution in [-0.2, 0) is 0 Å². The average Bonchev–Trinajstić information content (AvgIpc) is 2.79. The van der Waals surface area contributed by atoms with E-state index >= 15 is 0 Å². The van der Waals surface area contributed by atoms with Crippen molar-refractivity contribution in [2.45, 2.75) is 44.1 Å². The Morgan fingerprint density at radius 2 is 1.62 bits per heavy atom. The standard InChI is InChI=1S/C24H26F3N5O2/c1-32(2)21-17-7-3-5-9-19(17)30-23(31-21)29-16-13-11-15(12-14-16)28-22(33)18-8-4-6-10-20(18)34-24(25,26)27/h3-10,15-16H,11-14H2,1-2H3,(H,28,33)(H,29,30,31)/t15-,16+. The fourth-order valence-electron chi connectivity index (χ4n) is 4.16. The fraction of sp³-hybridized carbons (Fsp3) is 0.375. The van der Waals surface area contributed by atoms with Crippen LogP contribution in [0.5, 0.6) is 5.75 Å². The summed E-state index contributed by atoms with van der Waals surface area (Å²) in [4.78, 5) is 23.9. The van der Waals surface area contributed by atoms with Gasteiger partial charge in [0.15, 0.2) is 0 Å². The van der Waals surface area contributed by atoms with Gasteiger partial charge in [-0.2, -0.15) is 4.98 Å². The molecule has 1 aliphatic carbocycles. The molecule has 34 heavy (non-hydrogen) atoms. The summed E-state index contributed by atoms with van der Waals surface area (Å²) in [5.41, 5.74) is 0.713. The molecular weight excluding hydrogens is 447 g/mol. The number of alkyl halides is 3. The largest absolute Gasteiger partial charge is 0.573 e. The molecule has 0 spiro atoms. The van der Waals surface area contributed by atoms with Gasteiger partial charge in [0.05, 0.1) is 11.1 Å². The van der Waals surface area contributed by atoms with Crippen LogP contribution in [0.15, 0.2) is 48.5 Å². The first-order chi connectivity index (χ1) is 16.2. The third-order valence-corrected chi connectivity index (χ3v) is 5.76. The summed E-state index contributed by atoms with van der Waals surface area (Å²) in [6, 6.07) is 13.2. The number of fused-ring (bicyclic) bond motifs is 1. The predicted octanol–water partition coefficient (Wildman–Crippen LogP) is 4.75. The Morgan fingerprint density at radius 1 is 0.971 bits per heavy atom. The zero-order chi connectivity index (χ0) is 24.3. The van der Waals surface area contributed by atoms with Crippen LogP contribution in [0.25, 0.3) is 10.9 Å². The molecule has 1 aromatic heterocycles. The number of para-hydroxylation sites is 2. The number of nitrogens with zero attached hydrogens (tertiary/aromatic N) is 3. The topological polar surface area (TPSA) is 79.4 Å².